The molecule has 38 heavy (non-hydrogen) atoms. The number of aliphatic hydroxyl groups excluding tert-OH is 1. The number of nitrogens with one attached hydrogen (secondary N) is 1. The number of aliphatic hydroxyl groups is 1. The van der Waals surface area contributed by atoms with E-state index in [1.165, 1.54) is 30.3 Å². The van der Waals surface area contributed by atoms with E-state index in [4.69, 9.17) is 4.74 Å². The summed E-state index contributed by atoms with van der Waals surface area (Å²) < 4.78 is 18.7. The highest BCUT2D eigenvalue weighted by Gasteiger charge is 2.30. The van der Waals surface area contributed by atoms with Crippen LogP contribution in [0, 0.1) is 11.7 Å². The molecule has 9 heteroatoms. The van der Waals surface area contributed by atoms with E-state index in [0.29, 0.717) is 67.2 Å². The van der Waals surface area contributed by atoms with Crippen molar-refractivity contribution in [3.63, 3.8) is 0 Å². The number of likely N-dealkylation sites (tertiary alicyclic amines) is 2. The molecule has 2 saturated heterocycles. The molecule has 0 aliphatic carbocycles. The van der Waals surface area contributed by atoms with Crippen LogP contribution in [-0.2, 0) is 11.2 Å². The van der Waals surface area contributed by atoms with Crippen LogP contribution in [0.25, 0.3) is 10.9 Å². The van der Waals surface area contributed by atoms with Crippen molar-refractivity contribution in [3.8, 4) is 5.75 Å². The van der Waals surface area contributed by atoms with Gasteiger partial charge in [-0.05, 0) is 61.8 Å². The summed E-state index contributed by atoms with van der Waals surface area (Å²) in [6.07, 6.45) is 4.46. The van der Waals surface area contributed by atoms with Gasteiger partial charge in [-0.25, -0.2) is 4.39 Å². The van der Waals surface area contributed by atoms with Crippen molar-refractivity contribution in [2.45, 2.75) is 38.2 Å². The Labute approximate surface area is 220 Å². The summed E-state index contributed by atoms with van der Waals surface area (Å²) in [5.74, 6) is -0.872. The normalized spacial score (nSPS) is 17.1. The topological polar surface area (TPSA) is 103 Å². The third-order valence-electron chi connectivity index (χ3n) is 7.76. The highest BCUT2D eigenvalue weighted by molar-refractivity contribution is 6.45. The lowest BCUT2D eigenvalue weighted by Crippen LogP contribution is -2.43. The number of amides is 2. The molecular formula is C29H32FN3O5. The number of benzene rings is 2. The van der Waals surface area contributed by atoms with Gasteiger partial charge in [0.25, 0.3) is 17.6 Å². The maximum absolute atomic E-state index is 13.6. The number of hydrogen-bond acceptors (Lipinski definition) is 5. The standard InChI is InChI=1S/C29H32FN3O5/c1-38-26-16-25-22(24(17-31-25)27(35)29(37)33-12-8-21(34)9-13-33)15-23(26)28(36)32-10-6-19(7-11-32)14-18-2-4-20(30)5-3-18/h2-5,15-17,19,21,31,34H,6-14H2,1H3. The van der Waals surface area contributed by atoms with Crippen molar-refractivity contribution in [1.82, 2.24) is 14.8 Å². The molecule has 3 heterocycles. The number of carbonyl (C=O) groups is 3. The van der Waals surface area contributed by atoms with Gasteiger partial charge in [-0.2, -0.15) is 0 Å². The first-order chi connectivity index (χ1) is 18.3. The van der Waals surface area contributed by atoms with Crippen LogP contribution in [0.15, 0.2) is 42.6 Å². The first-order valence-electron chi connectivity index (χ1n) is 13.1. The lowest BCUT2D eigenvalue weighted by Gasteiger charge is -2.32. The number of carbonyl (C=O) groups excluding carboxylic acids is 3. The van der Waals surface area contributed by atoms with Gasteiger partial charge in [-0.1, -0.05) is 12.1 Å². The molecule has 2 aliphatic rings. The summed E-state index contributed by atoms with van der Waals surface area (Å²) in [6, 6.07) is 9.88. The van der Waals surface area contributed by atoms with E-state index in [9.17, 15) is 23.9 Å². The summed E-state index contributed by atoms with van der Waals surface area (Å²) in [5, 5.41) is 10.2. The number of aromatic nitrogens is 1. The van der Waals surface area contributed by atoms with E-state index in [-0.39, 0.29) is 17.3 Å². The quantitative estimate of drug-likeness (QED) is 0.381. The maximum atomic E-state index is 13.6. The van der Waals surface area contributed by atoms with Crippen LogP contribution >= 0.6 is 0 Å². The van der Waals surface area contributed by atoms with Gasteiger partial charge in [-0.15, -0.1) is 0 Å². The molecule has 200 valence electrons. The van der Waals surface area contributed by atoms with Crippen LogP contribution in [0.1, 0.15) is 52.0 Å². The fraction of sp³-hybridized carbons (Fsp3) is 0.414. The van der Waals surface area contributed by atoms with Gasteiger partial charge in [0.15, 0.2) is 0 Å². The van der Waals surface area contributed by atoms with Gasteiger partial charge in [-0.3, -0.25) is 14.4 Å². The second kappa shape index (κ2) is 10.9. The third kappa shape index (κ3) is 5.29. The van der Waals surface area contributed by atoms with E-state index in [2.05, 4.69) is 4.98 Å². The first kappa shape index (κ1) is 25.9. The predicted molar refractivity (Wildman–Crippen MR) is 140 cm³/mol. The Morgan fingerprint density at radius 2 is 1.63 bits per heavy atom. The zero-order valence-corrected chi connectivity index (χ0v) is 21.4. The van der Waals surface area contributed by atoms with Crippen LogP contribution in [0.5, 0.6) is 5.75 Å². The largest absolute Gasteiger partial charge is 0.496 e. The number of rotatable bonds is 6. The molecule has 8 nitrogen and oxygen atoms in total. The number of ketones is 1. The number of H-pyrrole nitrogens is 1. The van der Waals surface area contributed by atoms with Crippen LogP contribution < -0.4 is 4.74 Å². The minimum Gasteiger partial charge on any atom is -0.496 e. The fourth-order valence-corrected chi connectivity index (χ4v) is 5.47. The van der Waals surface area contributed by atoms with E-state index < -0.39 is 17.8 Å². The van der Waals surface area contributed by atoms with E-state index >= 15 is 0 Å². The summed E-state index contributed by atoms with van der Waals surface area (Å²) in [5.41, 5.74) is 2.25. The van der Waals surface area contributed by atoms with Crippen LogP contribution in [0.2, 0.25) is 0 Å². The van der Waals surface area contributed by atoms with Crippen molar-refractivity contribution >= 4 is 28.5 Å². The van der Waals surface area contributed by atoms with Crippen LogP contribution in [-0.4, -0.2) is 76.9 Å². The summed E-state index contributed by atoms with van der Waals surface area (Å²) in [6.45, 7) is 1.85. The number of nitrogens with zero attached hydrogens (tertiary/aromatic N) is 2. The number of methoxy groups -OCH3 is 1. The number of piperidine rings is 2. The second-order valence-corrected chi connectivity index (χ2v) is 10.2. The van der Waals surface area contributed by atoms with Gasteiger partial charge in [0.2, 0.25) is 0 Å². The molecule has 2 amide bonds. The number of Topliss-reactive ketones (excluding diaryl/α,β-unsaturated/α-hetero) is 1. The SMILES string of the molecule is COc1cc2[nH]cc(C(=O)C(=O)N3CCC(O)CC3)c2cc1C(=O)N1CCC(Cc2ccc(F)cc2)CC1. The van der Waals surface area contributed by atoms with Gasteiger partial charge >= 0.3 is 0 Å². The van der Waals surface area contributed by atoms with Gasteiger partial charge in [0, 0.05) is 49.3 Å². The Morgan fingerprint density at radius 3 is 2.29 bits per heavy atom. The average molecular weight is 522 g/mol. The van der Waals surface area contributed by atoms with Gasteiger partial charge in [0.05, 0.1) is 24.3 Å². The Balaban J connectivity index is 1.31. The number of ether oxygens (including phenoxy) is 1. The molecule has 0 spiro atoms. The third-order valence-corrected chi connectivity index (χ3v) is 7.76. The van der Waals surface area contributed by atoms with Crippen molar-refractivity contribution in [3.05, 3.63) is 65.1 Å². The molecule has 0 atom stereocenters. The Bertz CT molecular complexity index is 1340. The zero-order valence-electron chi connectivity index (χ0n) is 21.4. The molecule has 2 aromatic carbocycles. The molecule has 5 rings (SSSR count). The molecule has 1 aromatic heterocycles. The van der Waals surface area contributed by atoms with Gasteiger partial charge < -0.3 is 24.6 Å². The van der Waals surface area contributed by atoms with E-state index in [0.717, 1.165) is 24.8 Å². The lowest BCUT2D eigenvalue weighted by molar-refractivity contribution is -0.128. The Hall–Kier alpha value is -3.72. The summed E-state index contributed by atoms with van der Waals surface area (Å²) in [4.78, 5) is 45.8. The molecule has 2 aliphatic heterocycles. The number of halogens is 1. The van der Waals surface area contributed by atoms with Crippen LogP contribution in [0.3, 0.4) is 0 Å². The minimum atomic E-state index is -0.641. The highest BCUT2D eigenvalue weighted by atomic mass is 19.1. The molecule has 3 aromatic rings. The summed E-state index contributed by atoms with van der Waals surface area (Å²) in [7, 11) is 1.50. The smallest absolute Gasteiger partial charge is 0.295 e. The molecule has 2 fully saturated rings. The van der Waals surface area contributed by atoms with E-state index in [1.807, 2.05) is 12.1 Å². The zero-order chi connectivity index (χ0) is 26.8. The molecule has 0 bridgehead atoms. The number of fused-ring (bicyclic) bond motifs is 1. The second-order valence-electron chi connectivity index (χ2n) is 10.2. The van der Waals surface area contributed by atoms with Crippen LogP contribution in [0.4, 0.5) is 4.39 Å². The van der Waals surface area contributed by atoms with Gasteiger partial charge in [0.1, 0.15) is 11.6 Å². The summed E-state index contributed by atoms with van der Waals surface area (Å²) >= 11 is 0. The maximum Gasteiger partial charge on any atom is 0.295 e. The number of aromatic amines is 1. The van der Waals surface area contributed by atoms with Crippen molar-refractivity contribution in [2.24, 2.45) is 5.92 Å². The van der Waals surface area contributed by atoms with Crippen molar-refractivity contribution < 1.29 is 28.6 Å². The molecule has 0 saturated carbocycles. The average Bonchev–Trinajstić information content (AvgIpc) is 3.36. The molecule has 2 N–H and O–H groups in total. The predicted octanol–water partition coefficient (Wildman–Crippen LogP) is 3.58. The number of hydrogen-bond donors (Lipinski definition) is 2. The van der Waals surface area contributed by atoms with E-state index in [1.54, 1.807) is 17.0 Å². The Morgan fingerprint density at radius 1 is 0.974 bits per heavy atom. The fourth-order valence-electron chi connectivity index (χ4n) is 5.47. The highest BCUT2D eigenvalue weighted by Crippen LogP contribution is 2.31. The van der Waals surface area contributed by atoms with Crippen molar-refractivity contribution in [2.75, 3.05) is 33.3 Å². The van der Waals surface area contributed by atoms with Crippen molar-refractivity contribution in [1.29, 1.82) is 0 Å². The lowest BCUT2D eigenvalue weighted by atomic mass is 9.90. The molecule has 0 unspecified atom stereocenters. The Kier molecular flexibility index (Phi) is 7.46. The minimum absolute atomic E-state index is 0.181. The first-order valence-corrected chi connectivity index (χ1v) is 13.1. The monoisotopic (exact) mass is 521 g/mol. The molecule has 0 radical (unpaired) electrons. The molecular weight excluding hydrogens is 489 g/mol.